The molecule has 2 aliphatic rings. The van der Waals surface area contributed by atoms with Gasteiger partial charge in [0, 0.05) is 31.7 Å². The highest BCUT2D eigenvalue weighted by Gasteiger charge is 2.38. The minimum atomic E-state index is -4.29. The summed E-state index contributed by atoms with van der Waals surface area (Å²) in [6, 6.07) is 16.2. The van der Waals surface area contributed by atoms with Crippen molar-refractivity contribution in [2.75, 3.05) is 26.2 Å². The van der Waals surface area contributed by atoms with E-state index >= 15 is 0 Å². The van der Waals surface area contributed by atoms with Crippen LogP contribution in [0, 0.1) is 0 Å². The lowest BCUT2D eigenvalue weighted by molar-refractivity contribution is -0.137. The first-order chi connectivity index (χ1) is 14.0. The molecule has 1 N–H and O–H groups in total. The van der Waals surface area contributed by atoms with Gasteiger partial charge in [0.05, 0.1) is 5.56 Å². The number of hydrogen-bond donors (Lipinski definition) is 1. The average molecular weight is 400 g/mol. The molecular formula is C24H27F3N2. The highest BCUT2D eigenvalue weighted by Crippen LogP contribution is 2.40. The van der Waals surface area contributed by atoms with Crippen LogP contribution in [0.5, 0.6) is 0 Å². The molecule has 1 saturated heterocycles. The fourth-order valence-electron chi connectivity index (χ4n) is 4.69. The summed E-state index contributed by atoms with van der Waals surface area (Å²) in [5.41, 5.74) is 2.91. The first-order valence-electron chi connectivity index (χ1n) is 10.3. The van der Waals surface area contributed by atoms with E-state index in [1.165, 1.54) is 17.7 Å². The summed E-state index contributed by atoms with van der Waals surface area (Å²) in [5.74, 6) is 0. The van der Waals surface area contributed by atoms with Crippen LogP contribution < -0.4 is 5.32 Å². The number of allylic oxidation sites excluding steroid dienone is 1. The Morgan fingerprint density at radius 1 is 0.931 bits per heavy atom. The third kappa shape index (κ3) is 4.57. The molecule has 1 aliphatic heterocycles. The SMILES string of the molecule is FC(F)(F)c1ccc(C2=CCC(Cc3ccccc3)(N3CCNCC3)CC2)cc1. The summed E-state index contributed by atoms with van der Waals surface area (Å²) in [6.45, 7) is 4.09. The van der Waals surface area contributed by atoms with Gasteiger partial charge in [-0.1, -0.05) is 48.5 Å². The Hall–Kier alpha value is -2.11. The third-order valence-electron chi connectivity index (χ3n) is 6.33. The van der Waals surface area contributed by atoms with Gasteiger partial charge in [0.15, 0.2) is 0 Å². The average Bonchev–Trinajstić information content (AvgIpc) is 2.75. The summed E-state index contributed by atoms with van der Waals surface area (Å²) >= 11 is 0. The standard InChI is InChI=1S/C24H27F3N2/c25-24(26,27)22-8-6-20(7-9-22)21-10-12-23(13-11-21,29-16-14-28-15-17-29)18-19-4-2-1-3-5-19/h1-10,28H,11-18H2. The lowest BCUT2D eigenvalue weighted by Gasteiger charge is -2.48. The van der Waals surface area contributed by atoms with E-state index in [-0.39, 0.29) is 5.54 Å². The van der Waals surface area contributed by atoms with E-state index in [4.69, 9.17) is 0 Å². The minimum absolute atomic E-state index is 0.0822. The maximum Gasteiger partial charge on any atom is 0.416 e. The molecule has 0 spiro atoms. The van der Waals surface area contributed by atoms with E-state index in [1.54, 1.807) is 12.1 Å². The maximum absolute atomic E-state index is 12.9. The fourth-order valence-corrected chi connectivity index (χ4v) is 4.69. The van der Waals surface area contributed by atoms with E-state index in [2.05, 4.69) is 40.6 Å². The fraction of sp³-hybridized carbons (Fsp3) is 0.417. The van der Waals surface area contributed by atoms with Gasteiger partial charge in [0.1, 0.15) is 0 Å². The molecule has 0 saturated carbocycles. The van der Waals surface area contributed by atoms with Crippen LogP contribution in [0.15, 0.2) is 60.7 Å². The van der Waals surface area contributed by atoms with Crippen LogP contribution in [-0.4, -0.2) is 36.6 Å². The molecule has 154 valence electrons. The number of alkyl halides is 3. The molecule has 1 atom stereocenters. The Morgan fingerprint density at radius 3 is 2.21 bits per heavy atom. The van der Waals surface area contributed by atoms with Crippen LogP contribution in [0.3, 0.4) is 0 Å². The Bertz CT molecular complexity index is 837. The monoisotopic (exact) mass is 400 g/mol. The van der Waals surface area contributed by atoms with E-state index in [0.717, 1.165) is 63.0 Å². The Labute approximate surface area is 170 Å². The Balaban J connectivity index is 1.56. The molecule has 0 amide bonds. The molecule has 2 nitrogen and oxygen atoms in total. The molecule has 0 aromatic heterocycles. The van der Waals surface area contributed by atoms with Gasteiger partial charge in [0.25, 0.3) is 0 Å². The predicted octanol–water partition coefficient (Wildman–Crippen LogP) is 5.16. The minimum Gasteiger partial charge on any atom is -0.314 e. The molecule has 29 heavy (non-hydrogen) atoms. The van der Waals surface area contributed by atoms with E-state index in [1.807, 2.05) is 6.07 Å². The zero-order valence-electron chi connectivity index (χ0n) is 16.5. The van der Waals surface area contributed by atoms with E-state index in [9.17, 15) is 13.2 Å². The van der Waals surface area contributed by atoms with Crippen LogP contribution in [0.2, 0.25) is 0 Å². The first-order valence-corrected chi connectivity index (χ1v) is 10.3. The quantitative estimate of drug-likeness (QED) is 0.763. The molecule has 1 aliphatic carbocycles. The molecule has 0 bridgehead atoms. The van der Waals surface area contributed by atoms with Gasteiger partial charge in [-0.15, -0.1) is 0 Å². The summed E-state index contributed by atoms with van der Waals surface area (Å²) < 4.78 is 38.6. The van der Waals surface area contributed by atoms with Crippen LogP contribution in [0.1, 0.15) is 36.0 Å². The molecule has 1 heterocycles. The summed E-state index contributed by atoms with van der Waals surface area (Å²) in [4.78, 5) is 2.62. The number of hydrogen-bond acceptors (Lipinski definition) is 2. The van der Waals surface area contributed by atoms with Gasteiger partial charge in [-0.05, 0) is 54.5 Å². The van der Waals surface area contributed by atoms with Gasteiger partial charge < -0.3 is 5.32 Å². The van der Waals surface area contributed by atoms with Crippen molar-refractivity contribution in [2.24, 2.45) is 0 Å². The number of nitrogens with one attached hydrogen (secondary N) is 1. The van der Waals surface area contributed by atoms with E-state index in [0.29, 0.717) is 0 Å². The number of halogens is 3. The molecule has 2 aromatic carbocycles. The van der Waals surface area contributed by atoms with Crippen LogP contribution in [-0.2, 0) is 12.6 Å². The Kier molecular flexibility index (Phi) is 5.79. The normalized spacial score (nSPS) is 23.6. The second kappa shape index (κ2) is 8.33. The summed E-state index contributed by atoms with van der Waals surface area (Å²) in [7, 11) is 0. The molecule has 1 fully saturated rings. The number of piperazine rings is 1. The van der Waals surface area contributed by atoms with Crippen molar-refractivity contribution in [3.8, 4) is 0 Å². The van der Waals surface area contributed by atoms with Crippen LogP contribution >= 0.6 is 0 Å². The third-order valence-corrected chi connectivity index (χ3v) is 6.33. The van der Waals surface area contributed by atoms with Crippen LogP contribution in [0.4, 0.5) is 13.2 Å². The van der Waals surface area contributed by atoms with Crippen molar-refractivity contribution in [1.82, 2.24) is 10.2 Å². The van der Waals surface area contributed by atoms with Crippen molar-refractivity contribution in [3.63, 3.8) is 0 Å². The zero-order valence-corrected chi connectivity index (χ0v) is 16.5. The summed E-state index contributed by atoms with van der Waals surface area (Å²) in [6.07, 6.45) is 1.82. The number of rotatable bonds is 4. The molecule has 2 aromatic rings. The zero-order chi connectivity index (χ0) is 20.3. The maximum atomic E-state index is 12.9. The summed E-state index contributed by atoms with van der Waals surface area (Å²) in [5, 5.41) is 3.44. The van der Waals surface area contributed by atoms with Crippen molar-refractivity contribution in [2.45, 2.75) is 37.4 Å². The van der Waals surface area contributed by atoms with Gasteiger partial charge in [-0.2, -0.15) is 13.2 Å². The first kappa shape index (κ1) is 20.2. The van der Waals surface area contributed by atoms with Gasteiger partial charge in [0.2, 0.25) is 0 Å². The number of nitrogens with zero attached hydrogens (tertiary/aromatic N) is 1. The van der Waals surface area contributed by atoms with Crippen molar-refractivity contribution >= 4 is 5.57 Å². The molecular weight excluding hydrogens is 373 g/mol. The van der Waals surface area contributed by atoms with Crippen molar-refractivity contribution < 1.29 is 13.2 Å². The van der Waals surface area contributed by atoms with Crippen molar-refractivity contribution in [1.29, 1.82) is 0 Å². The molecule has 1 unspecified atom stereocenters. The van der Waals surface area contributed by atoms with Gasteiger partial charge in [-0.25, -0.2) is 0 Å². The molecule has 0 radical (unpaired) electrons. The van der Waals surface area contributed by atoms with Crippen LogP contribution in [0.25, 0.3) is 5.57 Å². The van der Waals surface area contributed by atoms with E-state index < -0.39 is 11.7 Å². The second-order valence-corrected chi connectivity index (χ2v) is 8.13. The lowest BCUT2D eigenvalue weighted by Crippen LogP contribution is -2.57. The van der Waals surface area contributed by atoms with Gasteiger partial charge >= 0.3 is 6.18 Å². The van der Waals surface area contributed by atoms with Gasteiger partial charge in [-0.3, -0.25) is 4.90 Å². The predicted molar refractivity (Wildman–Crippen MR) is 111 cm³/mol. The number of benzene rings is 2. The molecule has 4 rings (SSSR count). The highest BCUT2D eigenvalue weighted by atomic mass is 19.4. The smallest absolute Gasteiger partial charge is 0.314 e. The topological polar surface area (TPSA) is 15.3 Å². The van der Waals surface area contributed by atoms with Crippen molar-refractivity contribution in [3.05, 3.63) is 77.4 Å². The Morgan fingerprint density at radius 2 is 1.62 bits per heavy atom. The second-order valence-electron chi connectivity index (χ2n) is 8.13. The largest absolute Gasteiger partial charge is 0.416 e. The molecule has 5 heteroatoms. The lowest BCUT2D eigenvalue weighted by atomic mass is 9.75. The highest BCUT2D eigenvalue weighted by molar-refractivity contribution is 5.67.